The Labute approximate surface area is 114 Å². The van der Waals surface area contributed by atoms with Gasteiger partial charge in [-0.1, -0.05) is 0 Å². The van der Waals surface area contributed by atoms with E-state index in [0.717, 1.165) is 18.5 Å². The quantitative estimate of drug-likeness (QED) is 0.879. The minimum Gasteiger partial charge on any atom is -0.397 e. The van der Waals surface area contributed by atoms with Crippen LogP contribution in [0, 0.1) is 6.92 Å². The highest BCUT2D eigenvalue weighted by atomic mass is 32.1. The highest BCUT2D eigenvalue weighted by Gasteiger charge is 2.19. The molecule has 2 aromatic heterocycles. The Kier molecular flexibility index (Phi) is 2.94. The van der Waals surface area contributed by atoms with Crippen molar-refractivity contribution in [3.8, 4) is 0 Å². The summed E-state index contributed by atoms with van der Waals surface area (Å²) in [6.45, 7) is 1.79. The molecule has 0 radical (unpaired) electrons. The standard InChI is InChI=1S/C13H14N4OS/c1-7-9(5-8(14)6-15-7)12(18)17-13-16-10-3-2-4-11(10)19-13/h5-6H,2-4,14H2,1H3,(H,16,17,18). The summed E-state index contributed by atoms with van der Waals surface area (Å²) in [5.74, 6) is -0.204. The normalized spacial score (nSPS) is 13.3. The van der Waals surface area contributed by atoms with Gasteiger partial charge in [0.05, 0.1) is 28.8 Å². The van der Waals surface area contributed by atoms with Crippen molar-refractivity contribution in [1.29, 1.82) is 0 Å². The number of fused-ring (bicyclic) bond motifs is 1. The van der Waals surface area contributed by atoms with Crippen LogP contribution in [0.4, 0.5) is 10.8 Å². The highest BCUT2D eigenvalue weighted by molar-refractivity contribution is 7.16. The Morgan fingerprint density at radius 2 is 2.32 bits per heavy atom. The number of anilines is 2. The molecule has 2 aromatic rings. The minimum absolute atomic E-state index is 0.204. The molecule has 0 aliphatic heterocycles. The molecule has 0 unspecified atom stereocenters. The van der Waals surface area contributed by atoms with Crippen molar-refractivity contribution in [3.05, 3.63) is 34.1 Å². The summed E-state index contributed by atoms with van der Waals surface area (Å²) in [7, 11) is 0. The van der Waals surface area contributed by atoms with Gasteiger partial charge in [-0.15, -0.1) is 11.3 Å². The van der Waals surface area contributed by atoms with Crippen LogP contribution in [0.1, 0.15) is 33.0 Å². The molecule has 2 heterocycles. The van der Waals surface area contributed by atoms with Crippen molar-refractivity contribution in [3.63, 3.8) is 0 Å². The first kappa shape index (κ1) is 12.1. The second kappa shape index (κ2) is 4.62. The molecule has 0 spiro atoms. The maximum Gasteiger partial charge on any atom is 0.259 e. The summed E-state index contributed by atoms with van der Waals surface area (Å²) >= 11 is 1.56. The van der Waals surface area contributed by atoms with Gasteiger partial charge >= 0.3 is 0 Å². The Hall–Kier alpha value is -1.95. The number of pyridine rings is 1. The zero-order valence-electron chi connectivity index (χ0n) is 10.6. The van der Waals surface area contributed by atoms with Crippen LogP contribution in [-0.2, 0) is 12.8 Å². The Balaban J connectivity index is 1.82. The van der Waals surface area contributed by atoms with Gasteiger partial charge in [0.25, 0.3) is 5.91 Å². The van der Waals surface area contributed by atoms with E-state index in [9.17, 15) is 4.79 Å². The van der Waals surface area contributed by atoms with Crippen LogP contribution in [0.5, 0.6) is 0 Å². The lowest BCUT2D eigenvalue weighted by Gasteiger charge is -2.05. The number of nitrogens with zero attached hydrogens (tertiary/aromatic N) is 2. The van der Waals surface area contributed by atoms with E-state index in [2.05, 4.69) is 15.3 Å². The fourth-order valence-electron chi connectivity index (χ4n) is 2.19. The van der Waals surface area contributed by atoms with E-state index in [1.165, 1.54) is 11.3 Å². The lowest BCUT2D eigenvalue weighted by atomic mass is 10.2. The van der Waals surface area contributed by atoms with E-state index in [1.807, 2.05) is 0 Å². The maximum absolute atomic E-state index is 12.2. The number of nitrogens with one attached hydrogen (secondary N) is 1. The van der Waals surface area contributed by atoms with E-state index in [-0.39, 0.29) is 5.91 Å². The highest BCUT2D eigenvalue weighted by Crippen LogP contribution is 2.30. The third-order valence-electron chi connectivity index (χ3n) is 3.17. The first-order chi connectivity index (χ1) is 9.13. The van der Waals surface area contributed by atoms with Crippen molar-refractivity contribution in [2.75, 3.05) is 11.1 Å². The molecule has 0 bridgehead atoms. The van der Waals surface area contributed by atoms with Gasteiger partial charge in [0.15, 0.2) is 5.13 Å². The van der Waals surface area contributed by atoms with Crippen LogP contribution >= 0.6 is 11.3 Å². The van der Waals surface area contributed by atoms with Gasteiger partial charge in [-0.3, -0.25) is 15.1 Å². The molecular formula is C13H14N4OS. The van der Waals surface area contributed by atoms with Crippen LogP contribution in [0.15, 0.2) is 12.3 Å². The molecular weight excluding hydrogens is 260 g/mol. The molecule has 3 N–H and O–H groups in total. The predicted molar refractivity (Wildman–Crippen MR) is 75.5 cm³/mol. The van der Waals surface area contributed by atoms with E-state index in [4.69, 9.17) is 5.73 Å². The molecule has 0 atom stereocenters. The van der Waals surface area contributed by atoms with Gasteiger partial charge in [0, 0.05) is 4.88 Å². The maximum atomic E-state index is 12.2. The second-order valence-corrected chi connectivity index (χ2v) is 5.68. The van der Waals surface area contributed by atoms with E-state index in [0.29, 0.717) is 22.1 Å². The fourth-order valence-corrected chi connectivity index (χ4v) is 3.23. The zero-order valence-corrected chi connectivity index (χ0v) is 11.4. The summed E-state index contributed by atoms with van der Waals surface area (Å²) in [5, 5.41) is 3.49. The molecule has 0 fully saturated rings. The number of aryl methyl sites for hydroxylation is 3. The summed E-state index contributed by atoms with van der Waals surface area (Å²) in [6.07, 6.45) is 4.80. The smallest absolute Gasteiger partial charge is 0.259 e. The summed E-state index contributed by atoms with van der Waals surface area (Å²) < 4.78 is 0. The summed E-state index contributed by atoms with van der Waals surface area (Å²) in [4.78, 5) is 22.0. The lowest BCUT2D eigenvalue weighted by Crippen LogP contribution is -2.14. The first-order valence-corrected chi connectivity index (χ1v) is 6.97. The van der Waals surface area contributed by atoms with Crippen LogP contribution in [-0.4, -0.2) is 15.9 Å². The van der Waals surface area contributed by atoms with E-state index in [1.54, 1.807) is 30.5 Å². The van der Waals surface area contributed by atoms with Crippen molar-refractivity contribution >= 4 is 28.1 Å². The monoisotopic (exact) mass is 274 g/mol. The van der Waals surface area contributed by atoms with Crippen LogP contribution < -0.4 is 11.1 Å². The topological polar surface area (TPSA) is 80.9 Å². The minimum atomic E-state index is -0.204. The van der Waals surface area contributed by atoms with Crippen LogP contribution in [0.25, 0.3) is 0 Å². The van der Waals surface area contributed by atoms with Crippen molar-refractivity contribution in [1.82, 2.24) is 9.97 Å². The molecule has 1 aliphatic carbocycles. The molecule has 98 valence electrons. The van der Waals surface area contributed by atoms with Gasteiger partial charge in [0.2, 0.25) is 0 Å². The van der Waals surface area contributed by atoms with E-state index >= 15 is 0 Å². The third-order valence-corrected chi connectivity index (χ3v) is 4.24. The van der Waals surface area contributed by atoms with Gasteiger partial charge < -0.3 is 5.73 Å². The molecule has 0 saturated carbocycles. The molecule has 3 rings (SSSR count). The number of carbonyl (C=O) groups is 1. The van der Waals surface area contributed by atoms with Gasteiger partial charge in [-0.2, -0.15) is 0 Å². The number of thiazole rings is 1. The van der Waals surface area contributed by atoms with Crippen molar-refractivity contribution in [2.24, 2.45) is 0 Å². The number of hydrogen-bond acceptors (Lipinski definition) is 5. The third kappa shape index (κ3) is 2.31. The molecule has 1 amide bonds. The molecule has 0 saturated heterocycles. The largest absolute Gasteiger partial charge is 0.397 e. The van der Waals surface area contributed by atoms with Crippen LogP contribution in [0.3, 0.4) is 0 Å². The molecule has 6 heteroatoms. The Morgan fingerprint density at radius 3 is 3.11 bits per heavy atom. The summed E-state index contributed by atoms with van der Waals surface area (Å²) in [6, 6.07) is 1.64. The van der Waals surface area contributed by atoms with Gasteiger partial charge in [-0.05, 0) is 32.3 Å². The second-order valence-electron chi connectivity index (χ2n) is 4.60. The van der Waals surface area contributed by atoms with Crippen molar-refractivity contribution in [2.45, 2.75) is 26.2 Å². The van der Waals surface area contributed by atoms with E-state index < -0.39 is 0 Å². The number of carbonyl (C=O) groups excluding carboxylic acids is 1. The number of rotatable bonds is 2. The van der Waals surface area contributed by atoms with Crippen LogP contribution in [0.2, 0.25) is 0 Å². The van der Waals surface area contributed by atoms with Crippen molar-refractivity contribution < 1.29 is 4.79 Å². The molecule has 5 nitrogen and oxygen atoms in total. The number of nitrogen functional groups attached to an aromatic ring is 1. The Bertz CT molecular complexity index is 629. The SMILES string of the molecule is Cc1ncc(N)cc1C(=O)Nc1nc2c(s1)CCC2. The Morgan fingerprint density at radius 1 is 1.47 bits per heavy atom. The van der Waals surface area contributed by atoms with Gasteiger partial charge in [-0.25, -0.2) is 4.98 Å². The number of hydrogen-bond donors (Lipinski definition) is 2. The zero-order chi connectivity index (χ0) is 13.4. The van der Waals surface area contributed by atoms with Gasteiger partial charge in [0.1, 0.15) is 0 Å². The molecule has 0 aromatic carbocycles. The lowest BCUT2D eigenvalue weighted by molar-refractivity contribution is 0.102. The average Bonchev–Trinajstić information content (AvgIpc) is 2.92. The molecule has 1 aliphatic rings. The molecule has 19 heavy (non-hydrogen) atoms. The number of aromatic nitrogens is 2. The number of amides is 1. The summed E-state index contributed by atoms with van der Waals surface area (Å²) in [5.41, 5.74) is 8.43. The first-order valence-electron chi connectivity index (χ1n) is 6.15. The fraction of sp³-hybridized carbons (Fsp3) is 0.308. The number of nitrogens with two attached hydrogens (primary N) is 1. The predicted octanol–water partition coefficient (Wildman–Crippen LogP) is 2.17. The average molecular weight is 274 g/mol.